The number of nitrogens with two attached hydrogens (primary N) is 1. The quantitative estimate of drug-likeness (QED) is 0.697. The largest absolute Gasteiger partial charge is 0.347 e. The summed E-state index contributed by atoms with van der Waals surface area (Å²) in [6, 6.07) is 0.520. The van der Waals surface area contributed by atoms with Crippen LogP contribution in [-0.4, -0.2) is 34.0 Å². The van der Waals surface area contributed by atoms with Crippen LogP contribution in [0.1, 0.15) is 25.2 Å². The third kappa shape index (κ3) is 1.47. The molecule has 0 spiro atoms. The summed E-state index contributed by atoms with van der Waals surface area (Å²) in [5, 5.41) is 0. The van der Waals surface area contributed by atoms with Crippen LogP contribution in [0.25, 0.3) is 0 Å². The lowest BCUT2D eigenvalue weighted by atomic mass is 10.1. The van der Waals surface area contributed by atoms with Crippen LogP contribution in [0.4, 0.5) is 0 Å². The highest BCUT2D eigenvalue weighted by molar-refractivity contribution is 5.04. The molecule has 4 heteroatoms. The van der Waals surface area contributed by atoms with Gasteiger partial charge in [0, 0.05) is 25.0 Å². The number of nitrogens with one attached hydrogen (secondary N) is 1. The second-order valence-electron chi connectivity index (χ2n) is 3.50. The summed E-state index contributed by atoms with van der Waals surface area (Å²) in [6.07, 6.45) is 4.71. The molecule has 72 valence electrons. The van der Waals surface area contributed by atoms with Crippen molar-refractivity contribution in [3.8, 4) is 0 Å². The zero-order valence-electron chi connectivity index (χ0n) is 7.90. The Hall–Kier alpha value is -0.870. The molecule has 4 nitrogen and oxygen atoms in total. The smallest absolute Gasteiger partial charge is 0.125 e. The lowest BCUT2D eigenvalue weighted by molar-refractivity contribution is 0.252. The molecule has 13 heavy (non-hydrogen) atoms. The first-order chi connectivity index (χ1) is 6.33. The molecule has 2 rings (SSSR count). The molecule has 1 aliphatic rings. The third-order valence-electron chi connectivity index (χ3n) is 2.75. The van der Waals surface area contributed by atoms with Gasteiger partial charge >= 0.3 is 0 Å². The van der Waals surface area contributed by atoms with Crippen molar-refractivity contribution in [1.29, 1.82) is 0 Å². The predicted molar refractivity (Wildman–Crippen MR) is 51.2 cm³/mol. The maximum Gasteiger partial charge on any atom is 0.125 e. The first kappa shape index (κ1) is 8.72. The van der Waals surface area contributed by atoms with Gasteiger partial charge in [-0.15, -0.1) is 0 Å². The van der Waals surface area contributed by atoms with Gasteiger partial charge in [-0.2, -0.15) is 0 Å². The first-order valence-corrected chi connectivity index (χ1v) is 4.82. The molecule has 0 aromatic carbocycles. The topological polar surface area (TPSA) is 57.9 Å². The maximum absolute atomic E-state index is 6.03. The fourth-order valence-electron chi connectivity index (χ4n) is 2.05. The van der Waals surface area contributed by atoms with E-state index >= 15 is 0 Å². The molecule has 1 saturated heterocycles. The van der Waals surface area contributed by atoms with Gasteiger partial charge in [-0.05, 0) is 13.0 Å². The number of likely N-dealkylation sites (tertiary alicyclic amines) is 1. The standard InChI is InChI=1S/C9H16N4/c1-2-13-6-3-7(10)8(13)9-11-4-5-12-9/h4-5,7-8H,2-3,6,10H2,1H3,(H,11,12). The highest BCUT2D eigenvalue weighted by Crippen LogP contribution is 2.27. The minimum absolute atomic E-state index is 0.228. The van der Waals surface area contributed by atoms with Crippen molar-refractivity contribution >= 4 is 0 Å². The minimum Gasteiger partial charge on any atom is -0.347 e. The third-order valence-corrected chi connectivity index (χ3v) is 2.75. The number of rotatable bonds is 2. The molecule has 0 aliphatic carbocycles. The number of hydrogen-bond donors (Lipinski definition) is 2. The Morgan fingerprint density at radius 2 is 2.62 bits per heavy atom. The molecule has 0 amide bonds. The van der Waals surface area contributed by atoms with Crippen LogP contribution in [0.15, 0.2) is 12.4 Å². The fraction of sp³-hybridized carbons (Fsp3) is 0.667. The number of imidazole rings is 1. The van der Waals surface area contributed by atoms with Crippen molar-refractivity contribution in [1.82, 2.24) is 14.9 Å². The molecule has 1 aromatic rings. The van der Waals surface area contributed by atoms with E-state index in [2.05, 4.69) is 21.8 Å². The second kappa shape index (κ2) is 3.47. The summed E-state index contributed by atoms with van der Waals surface area (Å²) >= 11 is 0. The molecule has 2 unspecified atom stereocenters. The van der Waals surface area contributed by atoms with Crippen LogP contribution >= 0.6 is 0 Å². The molecule has 0 saturated carbocycles. The zero-order valence-corrected chi connectivity index (χ0v) is 7.90. The van der Waals surface area contributed by atoms with Gasteiger partial charge in [0.15, 0.2) is 0 Å². The summed E-state index contributed by atoms with van der Waals surface area (Å²) in [6.45, 7) is 4.29. The van der Waals surface area contributed by atoms with E-state index in [1.165, 1.54) is 0 Å². The molecule has 1 aliphatic heterocycles. The SMILES string of the molecule is CCN1CCC(N)C1c1ncc[nH]1. The van der Waals surface area contributed by atoms with E-state index in [4.69, 9.17) is 5.73 Å². The van der Waals surface area contributed by atoms with Crippen LogP contribution < -0.4 is 5.73 Å². The van der Waals surface area contributed by atoms with E-state index in [-0.39, 0.29) is 6.04 Å². The van der Waals surface area contributed by atoms with Crippen molar-refractivity contribution in [2.75, 3.05) is 13.1 Å². The number of likely N-dealkylation sites (N-methyl/N-ethyl adjacent to an activating group) is 1. The van der Waals surface area contributed by atoms with Crippen molar-refractivity contribution < 1.29 is 0 Å². The average Bonchev–Trinajstić information content (AvgIpc) is 2.72. The van der Waals surface area contributed by atoms with Gasteiger partial charge in [-0.1, -0.05) is 6.92 Å². The summed E-state index contributed by atoms with van der Waals surface area (Å²) in [5.74, 6) is 1.01. The maximum atomic E-state index is 6.03. The van der Waals surface area contributed by atoms with E-state index in [1.54, 1.807) is 6.20 Å². The van der Waals surface area contributed by atoms with Crippen molar-refractivity contribution in [3.63, 3.8) is 0 Å². The van der Waals surface area contributed by atoms with Gasteiger partial charge in [0.2, 0.25) is 0 Å². The van der Waals surface area contributed by atoms with E-state index in [9.17, 15) is 0 Å². The zero-order chi connectivity index (χ0) is 9.26. The van der Waals surface area contributed by atoms with Gasteiger partial charge in [0.05, 0.1) is 6.04 Å². The van der Waals surface area contributed by atoms with Gasteiger partial charge in [-0.3, -0.25) is 4.90 Å². The number of aromatic amines is 1. The normalized spacial score (nSPS) is 29.7. The molecule has 2 heterocycles. The van der Waals surface area contributed by atoms with Gasteiger partial charge in [0.1, 0.15) is 5.82 Å². The summed E-state index contributed by atoms with van der Waals surface area (Å²) in [7, 11) is 0. The van der Waals surface area contributed by atoms with Crippen LogP contribution in [0.2, 0.25) is 0 Å². The molecule has 3 N–H and O–H groups in total. The highest BCUT2D eigenvalue weighted by atomic mass is 15.2. The lowest BCUT2D eigenvalue weighted by Crippen LogP contribution is -2.32. The highest BCUT2D eigenvalue weighted by Gasteiger charge is 2.33. The molecular formula is C9H16N4. The van der Waals surface area contributed by atoms with E-state index in [0.29, 0.717) is 6.04 Å². The Balaban J connectivity index is 2.20. The van der Waals surface area contributed by atoms with Crippen molar-refractivity contribution in [2.45, 2.75) is 25.4 Å². The monoisotopic (exact) mass is 180 g/mol. The van der Waals surface area contributed by atoms with Crippen LogP contribution in [-0.2, 0) is 0 Å². The number of aromatic nitrogens is 2. The molecule has 1 fully saturated rings. The summed E-state index contributed by atoms with van der Waals surface area (Å²) in [5.41, 5.74) is 6.03. The Morgan fingerprint density at radius 3 is 3.23 bits per heavy atom. The average molecular weight is 180 g/mol. The molecule has 1 aromatic heterocycles. The first-order valence-electron chi connectivity index (χ1n) is 4.82. The van der Waals surface area contributed by atoms with Gasteiger partial charge < -0.3 is 10.7 Å². The summed E-state index contributed by atoms with van der Waals surface area (Å²) < 4.78 is 0. The van der Waals surface area contributed by atoms with Crippen LogP contribution in [0.3, 0.4) is 0 Å². The molecule has 0 bridgehead atoms. The van der Waals surface area contributed by atoms with Crippen LogP contribution in [0.5, 0.6) is 0 Å². The minimum atomic E-state index is 0.228. The van der Waals surface area contributed by atoms with Crippen molar-refractivity contribution in [3.05, 3.63) is 18.2 Å². The second-order valence-corrected chi connectivity index (χ2v) is 3.50. The molecule has 0 radical (unpaired) electrons. The Morgan fingerprint density at radius 1 is 1.77 bits per heavy atom. The Kier molecular flexibility index (Phi) is 2.33. The van der Waals surface area contributed by atoms with Gasteiger partial charge in [-0.25, -0.2) is 4.98 Å². The molecule has 2 atom stereocenters. The van der Waals surface area contributed by atoms with Crippen molar-refractivity contribution in [2.24, 2.45) is 5.73 Å². The van der Waals surface area contributed by atoms with E-state index in [0.717, 1.165) is 25.3 Å². The van der Waals surface area contributed by atoms with Gasteiger partial charge in [0.25, 0.3) is 0 Å². The van der Waals surface area contributed by atoms with E-state index in [1.807, 2.05) is 6.20 Å². The lowest BCUT2D eigenvalue weighted by Gasteiger charge is -2.23. The Labute approximate surface area is 78.1 Å². The number of nitrogens with zero attached hydrogens (tertiary/aromatic N) is 2. The fourth-order valence-corrected chi connectivity index (χ4v) is 2.05. The Bertz CT molecular complexity index is 257. The van der Waals surface area contributed by atoms with E-state index < -0.39 is 0 Å². The summed E-state index contributed by atoms with van der Waals surface area (Å²) in [4.78, 5) is 9.78. The number of H-pyrrole nitrogens is 1. The molecular weight excluding hydrogens is 164 g/mol. The van der Waals surface area contributed by atoms with Crippen LogP contribution in [0, 0.1) is 0 Å². The number of hydrogen-bond acceptors (Lipinski definition) is 3. The predicted octanol–water partition coefficient (Wildman–Crippen LogP) is 0.504.